The Balaban J connectivity index is 1.50. The van der Waals surface area contributed by atoms with Gasteiger partial charge in [0.25, 0.3) is 0 Å². The molecule has 3 rings (SSSR count). The molecule has 1 unspecified atom stereocenters. The van der Waals surface area contributed by atoms with Crippen molar-refractivity contribution >= 4 is 17.9 Å². The van der Waals surface area contributed by atoms with Crippen LogP contribution in [-0.2, 0) is 30.3 Å². The van der Waals surface area contributed by atoms with E-state index in [0.29, 0.717) is 26.1 Å². The maximum absolute atomic E-state index is 13.5. The number of rotatable bonds is 15. The minimum Gasteiger partial charge on any atom is -0.460 e. The van der Waals surface area contributed by atoms with Gasteiger partial charge in [0.15, 0.2) is 5.79 Å². The van der Waals surface area contributed by atoms with E-state index in [4.69, 9.17) is 14.2 Å². The second-order valence-electron chi connectivity index (χ2n) is 13.3. The van der Waals surface area contributed by atoms with Crippen molar-refractivity contribution in [2.75, 3.05) is 19.7 Å². The highest BCUT2D eigenvalue weighted by molar-refractivity contribution is 5.82. The van der Waals surface area contributed by atoms with Crippen LogP contribution in [-0.4, -0.2) is 66.5 Å². The highest BCUT2D eigenvalue weighted by Crippen LogP contribution is 2.34. The zero-order chi connectivity index (χ0) is 31.3. The maximum atomic E-state index is 13.5. The quantitative estimate of drug-likeness (QED) is 0.186. The Morgan fingerprint density at radius 1 is 0.977 bits per heavy atom. The number of unbranched alkanes of at least 4 members (excludes halogenated alkanes) is 5. The smallest absolute Gasteiger partial charge is 0.318 e. The van der Waals surface area contributed by atoms with E-state index in [9.17, 15) is 14.4 Å². The highest BCUT2D eigenvalue weighted by Gasteiger charge is 2.45. The Bertz CT molecular complexity index is 1010. The Kier molecular flexibility index (Phi) is 13.8. The van der Waals surface area contributed by atoms with Crippen LogP contribution in [0.4, 0.5) is 4.79 Å². The number of urea groups is 1. The molecule has 2 N–H and O–H groups in total. The molecule has 1 saturated carbocycles. The number of nitrogens with one attached hydrogen (secondary N) is 2. The second-order valence-corrected chi connectivity index (χ2v) is 13.3. The number of carbonyl (C=O) groups excluding carboxylic acids is 3. The van der Waals surface area contributed by atoms with Gasteiger partial charge in [0, 0.05) is 25.0 Å². The van der Waals surface area contributed by atoms with Gasteiger partial charge in [-0.15, -0.1) is 0 Å². The first kappa shape index (κ1) is 34.8. The molecule has 1 aromatic rings. The number of hydrogen-bond donors (Lipinski definition) is 2. The van der Waals surface area contributed by atoms with Crippen LogP contribution in [0.1, 0.15) is 111 Å². The minimum atomic E-state index is -0.845. The number of benzene rings is 1. The molecule has 1 heterocycles. The first-order chi connectivity index (χ1) is 20.5. The van der Waals surface area contributed by atoms with E-state index < -0.39 is 17.3 Å². The fraction of sp³-hybridized carbons (Fsp3) is 0.735. The molecule has 1 aromatic carbocycles. The highest BCUT2D eigenvalue weighted by atomic mass is 16.7. The predicted molar refractivity (Wildman–Crippen MR) is 167 cm³/mol. The molecule has 0 spiro atoms. The van der Waals surface area contributed by atoms with Gasteiger partial charge in [0.1, 0.15) is 12.2 Å². The Hall–Kier alpha value is -2.65. The van der Waals surface area contributed by atoms with Crippen molar-refractivity contribution in [2.24, 2.45) is 5.41 Å². The predicted octanol–water partition coefficient (Wildman–Crippen LogP) is 6.10. The number of esters is 1. The monoisotopic (exact) mass is 601 g/mol. The van der Waals surface area contributed by atoms with E-state index >= 15 is 0 Å². The molecule has 3 atom stereocenters. The SMILES string of the molecule is CCCCCCCCN(Cc1ccccc1)C(=O)N[C@H]1CCCC[C@@H]1OC(=O)CCNC(=O)C1OC(C)(C)OCC1(C)C. The van der Waals surface area contributed by atoms with Crippen molar-refractivity contribution in [1.29, 1.82) is 0 Å². The van der Waals surface area contributed by atoms with Crippen LogP contribution in [0.25, 0.3) is 0 Å². The molecule has 9 nitrogen and oxygen atoms in total. The fourth-order valence-electron chi connectivity index (χ4n) is 5.72. The molecule has 1 aliphatic carbocycles. The van der Waals surface area contributed by atoms with Gasteiger partial charge in [-0.05, 0) is 45.1 Å². The van der Waals surface area contributed by atoms with Gasteiger partial charge in [0.2, 0.25) is 5.91 Å². The zero-order valence-corrected chi connectivity index (χ0v) is 27.1. The summed E-state index contributed by atoms with van der Waals surface area (Å²) in [5, 5.41) is 6.04. The molecule has 1 saturated heterocycles. The molecule has 3 amide bonds. The number of nitrogens with zero attached hydrogens (tertiary/aromatic N) is 1. The van der Waals surface area contributed by atoms with E-state index in [1.54, 1.807) is 13.8 Å². The summed E-state index contributed by atoms with van der Waals surface area (Å²) in [4.78, 5) is 41.1. The number of ether oxygens (including phenoxy) is 3. The third-order valence-electron chi connectivity index (χ3n) is 8.35. The topological polar surface area (TPSA) is 106 Å². The summed E-state index contributed by atoms with van der Waals surface area (Å²) in [7, 11) is 0. The van der Waals surface area contributed by atoms with Crippen LogP contribution in [0.3, 0.4) is 0 Å². The number of amides is 3. The summed E-state index contributed by atoms with van der Waals surface area (Å²) in [5.41, 5.74) is 0.604. The Morgan fingerprint density at radius 3 is 2.42 bits per heavy atom. The maximum Gasteiger partial charge on any atom is 0.318 e. The Labute approximate surface area is 258 Å². The van der Waals surface area contributed by atoms with Crippen LogP contribution >= 0.6 is 0 Å². The van der Waals surface area contributed by atoms with Gasteiger partial charge >= 0.3 is 12.0 Å². The van der Waals surface area contributed by atoms with Crippen LogP contribution in [0.5, 0.6) is 0 Å². The number of carbonyl (C=O) groups is 3. The van der Waals surface area contributed by atoms with Crippen molar-refractivity contribution in [3.05, 3.63) is 35.9 Å². The lowest BCUT2D eigenvalue weighted by Crippen LogP contribution is -2.56. The average molecular weight is 602 g/mol. The third kappa shape index (κ3) is 11.8. The summed E-state index contributed by atoms with van der Waals surface area (Å²) < 4.78 is 17.5. The van der Waals surface area contributed by atoms with Gasteiger partial charge in [-0.1, -0.05) is 89.6 Å². The van der Waals surface area contributed by atoms with Crippen molar-refractivity contribution in [3.63, 3.8) is 0 Å². The molecule has 0 bridgehead atoms. The van der Waals surface area contributed by atoms with Crippen LogP contribution in [0, 0.1) is 5.41 Å². The normalized spacial score (nSPS) is 22.8. The summed E-state index contributed by atoms with van der Waals surface area (Å²) in [6, 6.07) is 9.71. The van der Waals surface area contributed by atoms with E-state index in [1.165, 1.54) is 25.7 Å². The van der Waals surface area contributed by atoms with Crippen molar-refractivity contribution in [1.82, 2.24) is 15.5 Å². The van der Waals surface area contributed by atoms with Gasteiger partial charge in [-0.3, -0.25) is 9.59 Å². The molecule has 2 aliphatic rings. The molecule has 43 heavy (non-hydrogen) atoms. The molecule has 0 radical (unpaired) electrons. The molecule has 242 valence electrons. The molecule has 0 aromatic heterocycles. The first-order valence-electron chi connectivity index (χ1n) is 16.4. The fourth-order valence-corrected chi connectivity index (χ4v) is 5.72. The van der Waals surface area contributed by atoms with E-state index in [0.717, 1.165) is 37.7 Å². The second kappa shape index (κ2) is 17.0. The summed E-state index contributed by atoms with van der Waals surface area (Å²) in [6.45, 7) is 11.4. The summed E-state index contributed by atoms with van der Waals surface area (Å²) in [5.74, 6) is -1.49. The van der Waals surface area contributed by atoms with E-state index in [-0.39, 0.29) is 43.0 Å². The molecular formula is C34H55N3O6. The van der Waals surface area contributed by atoms with Gasteiger partial charge in [-0.25, -0.2) is 4.79 Å². The third-order valence-corrected chi connectivity index (χ3v) is 8.35. The molecule has 1 aliphatic heterocycles. The van der Waals surface area contributed by atoms with E-state index in [2.05, 4.69) is 17.6 Å². The summed E-state index contributed by atoms with van der Waals surface area (Å²) >= 11 is 0. The lowest BCUT2D eigenvalue weighted by molar-refractivity contribution is -0.304. The first-order valence-corrected chi connectivity index (χ1v) is 16.4. The Morgan fingerprint density at radius 2 is 1.67 bits per heavy atom. The minimum absolute atomic E-state index is 0.0497. The molecule has 9 heteroatoms. The van der Waals surface area contributed by atoms with Crippen molar-refractivity contribution in [3.8, 4) is 0 Å². The standard InChI is InChI=1S/C34H55N3O6/c1-6-7-8-9-10-16-23-37(24-26-17-12-11-13-18-26)32(40)36-27-19-14-15-20-28(27)42-29(38)21-22-35-31(39)30-33(2,3)25-41-34(4,5)43-30/h11-13,17-18,27-28,30H,6-10,14-16,19-25H2,1-5H3,(H,35,39)(H,36,40)/t27-,28-,30?/m0/s1. The largest absolute Gasteiger partial charge is 0.460 e. The van der Waals surface area contributed by atoms with E-state index in [1.807, 2.05) is 49.1 Å². The van der Waals surface area contributed by atoms with Gasteiger partial charge < -0.3 is 29.7 Å². The lowest BCUT2D eigenvalue weighted by Gasteiger charge is -2.44. The van der Waals surface area contributed by atoms with Gasteiger partial charge in [0.05, 0.1) is 19.1 Å². The van der Waals surface area contributed by atoms with Gasteiger partial charge in [-0.2, -0.15) is 0 Å². The molecular weight excluding hydrogens is 546 g/mol. The zero-order valence-electron chi connectivity index (χ0n) is 27.1. The van der Waals surface area contributed by atoms with Crippen LogP contribution < -0.4 is 10.6 Å². The summed E-state index contributed by atoms with van der Waals surface area (Å²) in [6.07, 6.45) is 9.34. The number of hydrogen-bond acceptors (Lipinski definition) is 6. The van der Waals surface area contributed by atoms with Crippen LogP contribution in [0.15, 0.2) is 30.3 Å². The lowest BCUT2D eigenvalue weighted by atomic mass is 9.85. The molecule has 2 fully saturated rings. The van der Waals surface area contributed by atoms with Crippen molar-refractivity contribution < 1.29 is 28.6 Å². The van der Waals surface area contributed by atoms with Crippen molar-refractivity contribution in [2.45, 2.75) is 136 Å². The van der Waals surface area contributed by atoms with Crippen LogP contribution in [0.2, 0.25) is 0 Å². The average Bonchev–Trinajstić information content (AvgIpc) is 2.97.